The number of hydrogen-bond donors (Lipinski definition) is 2. The number of benzene rings is 1. The smallest absolute Gasteiger partial charge is 0.408 e. The molecule has 0 aliphatic carbocycles. The first-order valence-corrected chi connectivity index (χ1v) is 8.74. The molecule has 2 rings (SSSR count). The second-order valence-corrected chi connectivity index (χ2v) is 7.59. The van der Waals surface area contributed by atoms with Gasteiger partial charge in [-0.2, -0.15) is 0 Å². The molecule has 25 heavy (non-hydrogen) atoms. The van der Waals surface area contributed by atoms with Gasteiger partial charge in [0.1, 0.15) is 11.1 Å². The van der Waals surface area contributed by atoms with Crippen molar-refractivity contribution < 1.29 is 14.3 Å². The molecule has 0 spiro atoms. The number of carbonyl (C=O) groups excluding carboxylic acids is 2. The first-order chi connectivity index (χ1) is 11.7. The maximum absolute atomic E-state index is 12.6. The van der Waals surface area contributed by atoms with Crippen LogP contribution in [0.2, 0.25) is 0 Å². The SMILES string of the molecule is CNC(=O)C1(NC(=O)OC(C)(C)C)CCCN(Cc2ccccc2)C1. The van der Waals surface area contributed by atoms with Gasteiger partial charge in [0.05, 0.1) is 0 Å². The molecule has 6 nitrogen and oxygen atoms in total. The maximum Gasteiger partial charge on any atom is 0.408 e. The Labute approximate surface area is 149 Å². The average molecular weight is 347 g/mol. The highest BCUT2D eigenvalue weighted by Gasteiger charge is 2.43. The fraction of sp³-hybridized carbons (Fsp3) is 0.579. The van der Waals surface area contributed by atoms with Crippen LogP contribution in [0.3, 0.4) is 0 Å². The van der Waals surface area contributed by atoms with E-state index in [9.17, 15) is 9.59 Å². The van der Waals surface area contributed by atoms with E-state index < -0.39 is 17.2 Å². The normalized spacial score (nSPS) is 21.4. The zero-order valence-electron chi connectivity index (χ0n) is 15.6. The van der Waals surface area contributed by atoms with E-state index in [1.165, 1.54) is 5.56 Å². The monoisotopic (exact) mass is 347 g/mol. The lowest BCUT2D eigenvalue weighted by atomic mass is 9.87. The number of alkyl carbamates (subject to hydrolysis) is 1. The van der Waals surface area contributed by atoms with Gasteiger partial charge in [-0.3, -0.25) is 9.69 Å². The van der Waals surface area contributed by atoms with Crippen LogP contribution in [0.5, 0.6) is 0 Å². The summed E-state index contributed by atoms with van der Waals surface area (Å²) in [4.78, 5) is 27.1. The van der Waals surface area contributed by atoms with Crippen LogP contribution in [0.4, 0.5) is 4.79 Å². The molecule has 1 heterocycles. The lowest BCUT2D eigenvalue weighted by molar-refractivity contribution is -0.129. The van der Waals surface area contributed by atoms with Crippen LogP contribution in [0.25, 0.3) is 0 Å². The molecular formula is C19H29N3O3. The van der Waals surface area contributed by atoms with Crippen molar-refractivity contribution in [1.82, 2.24) is 15.5 Å². The summed E-state index contributed by atoms with van der Waals surface area (Å²) < 4.78 is 5.37. The summed E-state index contributed by atoms with van der Waals surface area (Å²) in [6.07, 6.45) is 0.866. The van der Waals surface area contributed by atoms with Crippen molar-refractivity contribution in [2.24, 2.45) is 0 Å². The molecule has 138 valence electrons. The number of rotatable bonds is 4. The number of nitrogens with one attached hydrogen (secondary N) is 2. The Bertz CT molecular complexity index is 598. The molecule has 0 saturated carbocycles. The number of likely N-dealkylation sites (N-methyl/N-ethyl adjacent to an activating group) is 1. The van der Waals surface area contributed by atoms with Gasteiger partial charge < -0.3 is 15.4 Å². The third kappa shape index (κ3) is 5.46. The van der Waals surface area contributed by atoms with Crippen LogP contribution < -0.4 is 10.6 Å². The lowest BCUT2D eigenvalue weighted by Crippen LogP contribution is -2.66. The highest BCUT2D eigenvalue weighted by atomic mass is 16.6. The summed E-state index contributed by atoms with van der Waals surface area (Å²) in [5.74, 6) is -0.184. The highest BCUT2D eigenvalue weighted by molar-refractivity contribution is 5.90. The van der Waals surface area contributed by atoms with Crippen molar-refractivity contribution in [3.05, 3.63) is 35.9 Å². The fourth-order valence-electron chi connectivity index (χ4n) is 3.20. The van der Waals surface area contributed by atoms with Gasteiger partial charge in [0.25, 0.3) is 0 Å². The van der Waals surface area contributed by atoms with Crippen LogP contribution in [0.15, 0.2) is 30.3 Å². The minimum atomic E-state index is -0.968. The number of amides is 2. The van der Waals surface area contributed by atoms with E-state index in [1.807, 2.05) is 39.0 Å². The topological polar surface area (TPSA) is 70.7 Å². The minimum absolute atomic E-state index is 0.184. The Morgan fingerprint density at radius 2 is 1.92 bits per heavy atom. The van der Waals surface area contributed by atoms with Gasteiger partial charge in [-0.25, -0.2) is 4.79 Å². The van der Waals surface area contributed by atoms with Gasteiger partial charge >= 0.3 is 6.09 Å². The highest BCUT2D eigenvalue weighted by Crippen LogP contribution is 2.24. The second-order valence-electron chi connectivity index (χ2n) is 7.59. The van der Waals surface area contributed by atoms with Gasteiger partial charge in [-0.05, 0) is 45.7 Å². The van der Waals surface area contributed by atoms with Crippen molar-refractivity contribution in [2.75, 3.05) is 20.1 Å². The third-order valence-corrected chi connectivity index (χ3v) is 4.22. The molecule has 0 radical (unpaired) electrons. The molecule has 1 fully saturated rings. The number of likely N-dealkylation sites (tertiary alicyclic amines) is 1. The van der Waals surface area contributed by atoms with Gasteiger partial charge in [0.15, 0.2) is 0 Å². The molecular weight excluding hydrogens is 318 g/mol. The largest absolute Gasteiger partial charge is 0.444 e. The number of nitrogens with zero attached hydrogens (tertiary/aromatic N) is 1. The summed E-state index contributed by atoms with van der Waals surface area (Å²) >= 11 is 0. The molecule has 1 aliphatic heterocycles. The number of ether oxygens (including phenoxy) is 1. The van der Waals surface area contributed by atoms with Gasteiger partial charge in [-0.1, -0.05) is 30.3 Å². The van der Waals surface area contributed by atoms with Gasteiger partial charge in [0, 0.05) is 20.1 Å². The molecule has 2 N–H and O–H groups in total. The van der Waals surface area contributed by atoms with Crippen LogP contribution in [0.1, 0.15) is 39.2 Å². The summed E-state index contributed by atoms with van der Waals surface area (Å²) in [6.45, 7) is 7.52. The predicted octanol–water partition coefficient (Wildman–Crippen LogP) is 2.29. The third-order valence-electron chi connectivity index (χ3n) is 4.22. The van der Waals surface area contributed by atoms with Crippen LogP contribution in [-0.4, -0.2) is 48.2 Å². The molecule has 0 aromatic heterocycles. The number of piperidine rings is 1. The van der Waals surface area contributed by atoms with Gasteiger partial charge in [0.2, 0.25) is 5.91 Å². The van der Waals surface area contributed by atoms with E-state index >= 15 is 0 Å². The summed E-state index contributed by atoms with van der Waals surface area (Å²) in [5, 5.41) is 5.53. The Hall–Kier alpha value is -2.08. The van der Waals surface area contributed by atoms with E-state index in [4.69, 9.17) is 4.74 Å². The molecule has 2 amide bonds. The first-order valence-electron chi connectivity index (χ1n) is 8.74. The van der Waals surface area contributed by atoms with Crippen molar-refractivity contribution in [1.29, 1.82) is 0 Å². The predicted molar refractivity (Wildman–Crippen MR) is 97.1 cm³/mol. The summed E-state index contributed by atoms with van der Waals surface area (Å²) in [7, 11) is 1.59. The molecule has 0 bridgehead atoms. The van der Waals surface area contributed by atoms with E-state index in [1.54, 1.807) is 7.05 Å². The van der Waals surface area contributed by atoms with Gasteiger partial charge in [-0.15, -0.1) is 0 Å². The Morgan fingerprint density at radius 1 is 1.24 bits per heavy atom. The van der Waals surface area contributed by atoms with E-state index in [0.29, 0.717) is 13.0 Å². The first kappa shape index (κ1) is 19.2. The molecule has 1 atom stereocenters. The molecule has 1 unspecified atom stereocenters. The zero-order chi connectivity index (χ0) is 18.5. The minimum Gasteiger partial charge on any atom is -0.444 e. The molecule has 1 aliphatic rings. The molecule has 1 aromatic carbocycles. The molecule has 1 aromatic rings. The van der Waals surface area contributed by atoms with E-state index in [-0.39, 0.29) is 5.91 Å². The number of carbonyl (C=O) groups is 2. The standard InChI is InChI=1S/C19H29N3O3/c1-18(2,3)25-17(24)21-19(16(23)20-4)11-8-12-22(14-19)13-15-9-6-5-7-10-15/h5-7,9-10H,8,11-14H2,1-4H3,(H,20,23)(H,21,24). The van der Waals surface area contributed by atoms with E-state index in [2.05, 4.69) is 27.7 Å². The number of hydrogen-bond acceptors (Lipinski definition) is 4. The fourth-order valence-corrected chi connectivity index (χ4v) is 3.20. The van der Waals surface area contributed by atoms with E-state index in [0.717, 1.165) is 19.5 Å². The zero-order valence-corrected chi connectivity index (χ0v) is 15.6. The van der Waals surface area contributed by atoms with Crippen molar-refractivity contribution in [3.63, 3.8) is 0 Å². The Kier molecular flexibility index (Phi) is 6.06. The Balaban J connectivity index is 2.12. The molecule has 1 saturated heterocycles. The Morgan fingerprint density at radius 3 is 2.52 bits per heavy atom. The summed E-state index contributed by atoms with van der Waals surface area (Å²) in [5.41, 5.74) is -0.385. The lowest BCUT2D eigenvalue weighted by Gasteiger charge is -2.42. The van der Waals surface area contributed by atoms with Crippen LogP contribution in [-0.2, 0) is 16.1 Å². The van der Waals surface area contributed by atoms with Crippen molar-refractivity contribution >= 4 is 12.0 Å². The summed E-state index contributed by atoms with van der Waals surface area (Å²) in [6, 6.07) is 10.1. The second kappa shape index (κ2) is 7.87. The van der Waals surface area contributed by atoms with Crippen LogP contribution >= 0.6 is 0 Å². The quantitative estimate of drug-likeness (QED) is 0.877. The van der Waals surface area contributed by atoms with Crippen molar-refractivity contribution in [3.8, 4) is 0 Å². The molecule has 6 heteroatoms. The van der Waals surface area contributed by atoms with Crippen LogP contribution in [0, 0.1) is 0 Å². The maximum atomic E-state index is 12.6. The average Bonchev–Trinajstić information content (AvgIpc) is 2.53. The van der Waals surface area contributed by atoms with Crippen molar-refractivity contribution in [2.45, 2.75) is 51.3 Å².